The Kier molecular flexibility index (Phi) is 10.9. The highest BCUT2D eigenvalue weighted by molar-refractivity contribution is 6.37. The normalized spacial score (nSPS) is 19.9. The van der Waals surface area contributed by atoms with Crippen molar-refractivity contribution in [1.29, 1.82) is 0 Å². The first-order chi connectivity index (χ1) is 17.4. The average molecular weight is 600 g/mol. The van der Waals surface area contributed by atoms with Crippen molar-refractivity contribution >= 4 is 70.4 Å². The molecule has 1 saturated heterocycles. The number of halogens is 4. The van der Waals surface area contributed by atoms with Crippen LogP contribution in [0.4, 0.5) is 5.69 Å². The number of piperazine rings is 1. The number of aromatic nitrogens is 1. The lowest BCUT2D eigenvalue weighted by Crippen LogP contribution is -2.45. The van der Waals surface area contributed by atoms with Gasteiger partial charge in [0.1, 0.15) is 0 Å². The van der Waals surface area contributed by atoms with E-state index in [2.05, 4.69) is 20.5 Å². The van der Waals surface area contributed by atoms with Gasteiger partial charge in [0, 0.05) is 50.3 Å². The van der Waals surface area contributed by atoms with Crippen LogP contribution in [0.3, 0.4) is 0 Å². The van der Waals surface area contributed by atoms with Crippen LogP contribution in [-0.2, 0) is 0 Å². The minimum atomic E-state index is -0.127. The molecule has 1 saturated carbocycles. The number of aromatic hydroxyl groups is 1. The topological polar surface area (TPSA) is 77.5 Å². The predicted molar refractivity (Wildman–Crippen MR) is 162 cm³/mol. The Labute approximate surface area is 246 Å². The van der Waals surface area contributed by atoms with E-state index in [1.807, 2.05) is 18.2 Å². The Morgan fingerprint density at radius 2 is 1.71 bits per heavy atom. The maximum Gasteiger partial charge on any atom is 0.163 e. The number of rotatable bonds is 6. The number of hydrogen-bond acceptors (Lipinski definition) is 6. The zero-order chi connectivity index (χ0) is 25.2. The van der Waals surface area contributed by atoms with E-state index in [0.717, 1.165) is 72.7 Å². The summed E-state index contributed by atoms with van der Waals surface area (Å²) in [6, 6.07) is 9.62. The number of benzene rings is 2. The van der Waals surface area contributed by atoms with Gasteiger partial charge in [-0.05, 0) is 73.9 Å². The number of hydrogen-bond donors (Lipinski definition) is 3. The van der Waals surface area contributed by atoms with E-state index in [-0.39, 0.29) is 46.4 Å². The number of fused-ring (bicyclic) bond motifs is 1. The first-order valence-electron chi connectivity index (χ1n) is 12.7. The fraction of sp³-hybridized carbons (Fsp3) is 0.429. The second-order valence-corrected chi connectivity index (χ2v) is 10.9. The minimum Gasteiger partial charge on any atom is -0.505 e. The number of anilines is 1. The van der Waals surface area contributed by atoms with Crippen LogP contribution in [-0.4, -0.2) is 59.5 Å². The molecular weight excluding hydrogens is 566 g/mol. The van der Waals surface area contributed by atoms with Gasteiger partial charge in [0.2, 0.25) is 0 Å². The number of nitrogens with zero attached hydrogens (tertiary/aromatic N) is 2. The van der Waals surface area contributed by atoms with Crippen molar-refractivity contribution in [2.45, 2.75) is 38.6 Å². The molecule has 3 aromatic rings. The quantitative estimate of drug-likeness (QED) is 0.269. The van der Waals surface area contributed by atoms with Crippen molar-refractivity contribution < 1.29 is 9.90 Å². The number of phenolic OH excluding ortho intramolecular Hbond substituents is 1. The molecule has 0 spiro atoms. The molecule has 1 aliphatic carbocycles. The van der Waals surface area contributed by atoms with Crippen LogP contribution >= 0.6 is 48.0 Å². The van der Waals surface area contributed by atoms with Gasteiger partial charge in [0.05, 0.1) is 26.8 Å². The highest BCUT2D eigenvalue weighted by Crippen LogP contribution is 2.38. The summed E-state index contributed by atoms with van der Waals surface area (Å²) in [5.41, 5.74) is 3.93. The van der Waals surface area contributed by atoms with E-state index < -0.39 is 0 Å². The first kappa shape index (κ1) is 30.7. The van der Waals surface area contributed by atoms with Crippen molar-refractivity contribution in [3.8, 4) is 16.9 Å². The summed E-state index contributed by atoms with van der Waals surface area (Å²) < 4.78 is 0. The summed E-state index contributed by atoms with van der Waals surface area (Å²) in [6.45, 7) is 7.23. The van der Waals surface area contributed by atoms with Crippen LogP contribution in [0, 0.1) is 5.92 Å². The predicted octanol–water partition coefficient (Wildman–Crippen LogP) is 6.84. The molecule has 1 aliphatic heterocycles. The smallest absolute Gasteiger partial charge is 0.163 e. The summed E-state index contributed by atoms with van der Waals surface area (Å²) in [5.74, 6) is 0.594. The molecule has 0 unspecified atom stereocenters. The van der Waals surface area contributed by atoms with Gasteiger partial charge in [-0.15, -0.1) is 24.8 Å². The molecule has 2 fully saturated rings. The molecule has 38 heavy (non-hydrogen) atoms. The molecule has 10 heteroatoms. The Morgan fingerprint density at radius 1 is 1.05 bits per heavy atom. The van der Waals surface area contributed by atoms with Gasteiger partial charge >= 0.3 is 0 Å². The molecule has 0 atom stereocenters. The highest BCUT2D eigenvalue weighted by Gasteiger charge is 2.25. The molecule has 2 heterocycles. The Hall–Kier alpha value is -1.80. The minimum absolute atomic E-state index is 0. The molecule has 1 aromatic heterocycles. The summed E-state index contributed by atoms with van der Waals surface area (Å²) >= 11 is 12.4. The van der Waals surface area contributed by atoms with Crippen molar-refractivity contribution in [2.75, 3.05) is 38.0 Å². The van der Waals surface area contributed by atoms with Gasteiger partial charge in [0.25, 0.3) is 0 Å². The van der Waals surface area contributed by atoms with Crippen LogP contribution in [0.15, 0.2) is 36.5 Å². The molecule has 3 N–H and O–H groups in total. The number of carbonyl (C=O) groups is 1. The van der Waals surface area contributed by atoms with E-state index in [9.17, 15) is 9.90 Å². The van der Waals surface area contributed by atoms with E-state index in [1.54, 1.807) is 25.3 Å². The van der Waals surface area contributed by atoms with Gasteiger partial charge in [-0.2, -0.15) is 0 Å². The van der Waals surface area contributed by atoms with E-state index in [1.165, 1.54) is 19.4 Å². The maximum atomic E-state index is 12.6. The summed E-state index contributed by atoms with van der Waals surface area (Å²) in [6.07, 6.45) is 6.23. The number of ketones is 1. The number of carbonyl (C=O) groups excluding carboxylic acids is 1. The highest BCUT2D eigenvalue weighted by atomic mass is 35.5. The zero-order valence-electron chi connectivity index (χ0n) is 21.3. The monoisotopic (exact) mass is 598 g/mol. The van der Waals surface area contributed by atoms with E-state index in [0.29, 0.717) is 11.6 Å². The Bertz CT molecular complexity index is 1250. The maximum absolute atomic E-state index is 12.6. The standard InChI is InChI=1S/C28H32Cl2N4O2.2ClH/c1-17(35)23-15-32-26-7-4-19(20-13-24(29)28(36)25(30)14-20)12-22(26)27(23)33-21-5-2-18(3-6-21)16-34-10-8-31-9-11-34;;/h4,7,12-15,18,21,31,36H,2-3,5-6,8-11,16H2,1H3,(H,32,33);2*1H. The number of pyridine rings is 1. The van der Waals surface area contributed by atoms with Crippen molar-refractivity contribution in [3.05, 3.63) is 52.1 Å². The van der Waals surface area contributed by atoms with Crippen molar-refractivity contribution in [2.24, 2.45) is 5.92 Å². The molecule has 206 valence electrons. The molecule has 2 aliphatic rings. The van der Waals surface area contributed by atoms with E-state index in [4.69, 9.17) is 23.2 Å². The summed E-state index contributed by atoms with van der Waals surface area (Å²) in [5, 5.41) is 18.4. The van der Waals surface area contributed by atoms with Crippen molar-refractivity contribution in [1.82, 2.24) is 15.2 Å². The van der Waals surface area contributed by atoms with Crippen LogP contribution in [0.5, 0.6) is 5.75 Å². The molecule has 6 nitrogen and oxygen atoms in total. The molecular formula is C28H34Cl4N4O2. The van der Waals surface area contributed by atoms with Crippen LogP contribution < -0.4 is 10.6 Å². The second kappa shape index (κ2) is 13.5. The van der Waals surface area contributed by atoms with Gasteiger partial charge in [-0.1, -0.05) is 29.3 Å². The second-order valence-electron chi connectivity index (χ2n) is 10.0. The molecule has 0 bridgehead atoms. The SMILES string of the molecule is CC(=O)c1cnc2ccc(-c3cc(Cl)c(O)c(Cl)c3)cc2c1NC1CCC(CN2CCNCC2)CC1.Cl.Cl. The largest absolute Gasteiger partial charge is 0.505 e. The third-order valence-corrected chi connectivity index (χ3v) is 8.09. The Morgan fingerprint density at radius 3 is 2.34 bits per heavy atom. The third-order valence-electron chi connectivity index (χ3n) is 7.52. The average Bonchev–Trinajstić information content (AvgIpc) is 2.88. The van der Waals surface area contributed by atoms with E-state index >= 15 is 0 Å². The van der Waals surface area contributed by atoms with Crippen LogP contribution in [0.1, 0.15) is 43.0 Å². The number of nitrogens with one attached hydrogen (secondary N) is 2. The number of phenols is 1. The third kappa shape index (κ3) is 6.85. The van der Waals surface area contributed by atoms with Gasteiger partial charge < -0.3 is 20.6 Å². The lowest BCUT2D eigenvalue weighted by Gasteiger charge is -2.35. The fourth-order valence-corrected chi connectivity index (χ4v) is 5.97. The van der Waals surface area contributed by atoms with Gasteiger partial charge in [-0.3, -0.25) is 9.78 Å². The molecule has 0 radical (unpaired) electrons. The summed E-state index contributed by atoms with van der Waals surface area (Å²) in [4.78, 5) is 19.7. The lowest BCUT2D eigenvalue weighted by molar-refractivity contribution is 0.101. The first-order valence-corrected chi connectivity index (χ1v) is 13.5. The summed E-state index contributed by atoms with van der Waals surface area (Å²) in [7, 11) is 0. The molecule has 2 aromatic carbocycles. The number of Topliss-reactive ketones (excluding diaryl/α,β-unsaturated/α-hetero) is 1. The van der Waals surface area contributed by atoms with Crippen LogP contribution in [0.2, 0.25) is 10.0 Å². The molecule has 5 rings (SSSR count). The lowest BCUT2D eigenvalue weighted by atomic mass is 9.85. The van der Waals surface area contributed by atoms with Gasteiger partial charge in [-0.25, -0.2) is 0 Å². The van der Waals surface area contributed by atoms with Gasteiger partial charge in [0.15, 0.2) is 11.5 Å². The fourth-order valence-electron chi connectivity index (χ4n) is 5.48. The zero-order valence-corrected chi connectivity index (χ0v) is 24.4. The van der Waals surface area contributed by atoms with Crippen LogP contribution in [0.25, 0.3) is 22.0 Å². The molecule has 0 amide bonds. The van der Waals surface area contributed by atoms with Crippen molar-refractivity contribution in [3.63, 3.8) is 0 Å². The Balaban J connectivity index is 0.00000200.